The maximum absolute atomic E-state index is 11.9. The smallest absolute Gasteiger partial charge is 0.140 e. The lowest BCUT2D eigenvalue weighted by molar-refractivity contribution is -0.120. The van der Waals surface area contributed by atoms with Crippen LogP contribution < -0.4 is 0 Å². The molecule has 16 heavy (non-hydrogen) atoms. The molecule has 1 atom stereocenters. The van der Waals surface area contributed by atoms with Crippen molar-refractivity contribution in [2.45, 2.75) is 25.7 Å². The summed E-state index contributed by atoms with van der Waals surface area (Å²) in [5.41, 5.74) is 1.15. The van der Waals surface area contributed by atoms with Gasteiger partial charge in [-0.05, 0) is 32.6 Å². The Bertz CT molecular complexity index is 319. The highest BCUT2D eigenvalue weighted by Crippen LogP contribution is 2.22. The van der Waals surface area contributed by atoms with E-state index in [1.54, 1.807) is 0 Å². The van der Waals surface area contributed by atoms with Crippen LogP contribution in [0.3, 0.4) is 0 Å². The largest absolute Gasteiger partial charge is 0.309 e. The lowest BCUT2D eigenvalue weighted by Gasteiger charge is -2.18. The van der Waals surface area contributed by atoms with E-state index in [1.165, 1.54) is 0 Å². The van der Waals surface area contributed by atoms with Crippen LogP contribution in [-0.4, -0.2) is 31.3 Å². The number of Topliss-reactive ketones (excluding diaryl/α,β-unsaturated/α-hetero) is 1. The molecule has 0 amide bonds. The van der Waals surface area contributed by atoms with E-state index in [4.69, 9.17) is 0 Å². The minimum absolute atomic E-state index is 0.0635. The third-order valence-corrected chi connectivity index (χ3v) is 2.80. The van der Waals surface area contributed by atoms with Crippen molar-refractivity contribution < 1.29 is 4.79 Å². The fourth-order valence-corrected chi connectivity index (χ4v) is 1.83. The van der Waals surface area contributed by atoms with Crippen molar-refractivity contribution in [1.82, 2.24) is 4.90 Å². The van der Waals surface area contributed by atoms with E-state index < -0.39 is 0 Å². The molecule has 0 aliphatic rings. The number of nitrogens with zero attached hydrogens (tertiary/aromatic N) is 1. The predicted molar refractivity (Wildman–Crippen MR) is 67.7 cm³/mol. The van der Waals surface area contributed by atoms with E-state index in [1.807, 2.05) is 51.4 Å². The Balaban J connectivity index is 2.76. The van der Waals surface area contributed by atoms with E-state index in [2.05, 4.69) is 4.90 Å². The standard InChI is InChI=1S/C14H21NO/c1-4-14(16)13(10-11-15(2)3)12-8-6-5-7-9-12/h5-9,13H,4,10-11H2,1-3H3. The molecule has 0 aliphatic heterocycles. The summed E-state index contributed by atoms with van der Waals surface area (Å²) in [6.07, 6.45) is 1.52. The Hall–Kier alpha value is -1.15. The van der Waals surface area contributed by atoms with Gasteiger partial charge >= 0.3 is 0 Å². The van der Waals surface area contributed by atoms with Crippen LogP contribution in [-0.2, 0) is 4.79 Å². The molecule has 0 spiro atoms. The molecule has 1 aromatic rings. The van der Waals surface area contributed by atoms with Gasteiger partial charge in [-0.3, -0.25) is 4.79 Å². The molecular weight excluding hydrogens is 198 g/mol. The summed E-state index contributed by atoms with van der Waals surface area (Å²) in [5, 5.41) is 0. The maximum Gasteiger partial charge on any atom is 0.140 e. The van der Waals surface area contributed by atoms with Crippen molar-refractivity contribution in [2.24, 2.45) is 0 Å². The summed E-state index contributed by atoms with van der Waals surface area (Å²) < 4.78 is 0. The van der Waals surface area contributed by atoms with Gasteiger partial charge in [0.05, 0.1) is 0 Å². The van der Waals surface area contributed by atoms with Crippen LogP contribution in [0.2, 0.25) is 0 Å². The monoisotopic (exact) mass is 219 g/mol. The van der Waals surface area contributed by atoms with Crippen molar-refractivity contribution in [1.29, 1.82) is 0 Å². The van der Waals surface area contributed by atoms with Crippen molar-refractivity contribution >= 4 is 5.78 Å². The van der Waals surface area contributed by atoms with Crippen LogP contribution >= 0.6 is 0 Å². The lowest BCUT2D eigenvalue weighted by atomic mass is 9.90. The summed E-state index contributed by atoms with van der Waals surface area (Å²) in [5.74, 6) is 0.404. The minimum atomic E-state index is 0.0635. The Kier molecular flexibility index (Phi) is 5.20. The summed E-state index contributed by atoms with van der Waals surface area (Å²) >= 11 is 0. The number of carbonyl (C=O) groups is 1. The predicted octanol–water partition coefficient (Wildman–Crippen LogP) is 2.70. The number of rotatable bonds is 6. The van der Waals surface area contributed by atoms with Gasteiger partial charge in [-0.15, -0.1) is 0 Å². The molecular formula is C14H21NO. The van der Waals surface area contributed by atoms with Gasteiger partial charge in [-0.25, -0.2) is 0 Å². The van der Waals surface area contributed by atoms with E-state index in [0.29, 0.717) is 12.2 Å². The minimum Gasteiger partial charge on any atom is -0.309 e. The number of hydrogen-bond donors (Lipinski definition) is 0. The molecule has 2 heteroatoms. The molecule has 0 bridgehead atoms. The first-order chi connectivity index (χ1) is 7.65. The molecule has 0 radical (unpaired) electrons. The van der Waals surface area contributed by atoms with E-state index in [9.17, 15) is 4.79 Å². The van der Waals surface area contributed by atoms with Gasteiger partial charge in [0.25, 0.3) is 0 Å². The van der Waals surface area contributed by atoms with Gasteiger partial charge in [0.1, 0.15) is 5.78 Å². The molecule has 0 heterocycles. The molecule has 0 saturated carbocycles. The number of hydrogen-bond acceptors (Lipinski definition) is 2. The normalized spacial score (nSPS) is 12.8. The molecule has 0 aliphatic carbocycles. The quantitative estimate of drug-likeness (QED) is 0.733. The maximum atomic E-state index is 11.9. The molecule has 1 aromatic carbocycles. The first kappa shape index (κ1) is 12.9. The second-order valence-corrected chi connectivity index (χ2v) is 4.38. The highest BCUT2D eigenvalue weighted by molar-refractivity contribution is 5.85. The van der Waals surface area contributed by atoms with Crippen molar-refractivity contribution in [2.75, 3.05) is 20.6 Å². The lowest BCUT2D eigenvalue weighted by Crippen LogP contribution is -2.20. The summed E-state index contributed by atoms with van der Waals surface area (Å²) in [4.78, 5) is 14.0. The van der Waals surface area contributed by atoms with Gasteiger partial charge in [0, 0.05) is 12.3 Å². The van der Waals surface area contributed by atoms with Crippen molar-refractivity contribution in [3.8, 4) is 0 Å². The number of carbonyl (C=O) groups excluding carboxylic acids is 1. The zero-order valence-corrected chi connectivity index (χ0v) is 10.4. The number of ketones is 1. The average molecular weight is 219 g/mol. The zero-order valence-electron chi connectivity index (χ0n) is 10.4. The highest BCUT2D eigenvalue weighted by atomic mass is 16.1. The van der Waals surface area contributed by atoms with Crippen molar-refractivity contribution in [3.63, 3.8) is 0 Å². The molecule has 1 rings (SSSR count). The first-order valence-corrected chi connectivity index (χ1v) is 5.87. The fraction of sp³-hybridized carbons (Fsp3) is 0.500. The van der Waals surface area contributed by atoms with Crippen LogP contribution in [0, 0.1) is 0 Å². The molecule has 0 fully saturated rings. The van der Waals surface area contributed by atoms with Crippen LogP contribution in [0.4, 0.5) is 0 Å². The Morgan fingerprint density at radius 3 is 2.38 bits per heavy atom. The summed E-state index contributed by atoms with van der Waals surface area (Å²) in [7, 11) is 4.08. The summed E-state index contributed by atoms with van der Waals surface area (Å²) in [6, 6.07) is 10.1. The molecule has 0 aromatic heterocycles. The van der Waals surface area contributed by atoms with Crippen LogP contribution in [0.15, 0.2) is 30.3 Å². The van der Waals surface area contributed by atoms with Gasteiger partial charge in [0.2, 0.25) is 0 Å². The molecule has 88 valence electrons. The third kappa shape index (κ3) is 3.78. The number of benzene rings is 1. The van der Waals surface area contributed by atoms with Crippen molar-refractivity contribution in [3.05, 3.63) is 35.9 Å². The molecule has 0 saturated heterocycles. The SMILES string of the molecule is CCC(=O)C(CCN(C)C)c1ccccc1. The average Bonchev–Trinajstić information content (AvgIpc) is 2.30. The molecule has 0 N–H and O–H groups in total. The third-order valence-electron chi connectivity index (χ3n) is 2.80. The molecule has 1 unspecified atom stereocenters. The van der Waals surface area contributed by atoms with E-state index in [-0.39, 0.29) is 5.92 Å². The zero-order chi connectivity index (χ0) is 12.0. The van der Waals surface area contributed by atoms with Crippen LogP contribution in [0.25, 0.3) is 0 Å². The van der Waals surface area contributed by atoms with E-state index in [0.717, 1.165) is 18.5 Å². The second-order valence-electron chi connectivity index (χ2n) is 4.38. The van der Waals surface area contributed by atoms with Gasteiger partial charge < -0.3 is 4.90 Å². The topological polar surface area (TPSA) is 20.3 Å². The van der Waals surface area contributed by atoms with Gasteiger partial charge in [-0.1, -0.05) is 37.3 Å². The second kappa shape index (κ2) is 6.44. The van der Waals surface area contributed by atoms with Crippen LogP contribution in [0.5, 0.6) is 0 Å². The van der Waals surface area contributed by atoms with Gasteiger partial charge in [-0.2, -0.15) is 0 Å². The summed E-state index contributed by atoms with van der Waals surface area (Å²) in [6.45, 7) is 2.89. The Morgan fingerprint density at radius 2 is 1.88 bits per heavy atom. The fourth-order valence-electron chi connectivity index (χ4n) is 1.83. The first-order valence-electron chi connectivity index (χ1n) is 5.87. The Labute approximate surface area is 98.3 Å². The van der Waals surface area contributed by atoms with Gasteiger partial charge in [0.15, 0.2) is 0 Å². The van der Waals surface area contributed by atoms with E-state index >= 15 is 0 Å². The Morgan fingerprint density at radius 1 is 1.25 bits per heavy atom. The molecule has 2 nitrogen and oxygen atoms in total. The highest BCUT2D eigenvalue weighted by Gasteiger charge is 2.18. The van der Waals surface area contributed by atoms with Crippen LogP contribution in [0.1, 0.15) is 31.2 Å².